The minimum absolute atomic E-state index is 0.133. The third-order valence-corrected chi connectivity index (χ3v) is 3.59. The summed E-state index contributed by atoms with van der Waals surface area (Å²) in [5.41, 5.74) is 0.660. The molecular formula is C11H13ClO5S. The van der Waals surface area contributed by atoms with E-state index in [1.165, 1.54) is 26.2 Å². The highest BCUT2D eigenvalue weighted by Crippen LogP contribution is 2.34. The molecule has 0 aliphatic rings. The van der Waals surface area contributed by atoms with E-state index in [0.717, 1.165) is 0 Å². The molecule has 0 aliphatic carbocycles. The summed E-state index contributed by atoms with van der Waals surface area (Å²) in [5.74, 6) is -0.327. The van der Waals surface area contributed by atoms with E-state index in [1.807, 2.05) is 6.92 Å². The standard InChI is InChI=1S/C11H13ClO5S/c1-4-8-5-11(18(12,14)15)10(17-7(2)13)6-9(8)16-3/h5-6H,4H2,1-3H3. The molecule has 1 rings (SSSR count). The molecule has 18 heavy (non-hydrogen) atoms. The van der Waals surface area contributed by atoms with E-state index in [2.05, 4.69) is 0 Å². The molecule has 0 aliphatic heterocycles. The van der Waals surface area contributed by atoms with Crippen LogP contribution in [0, 0.1) is 0 Å². The van der Waals surface area contributed by atoms with Crippen LogP contribution in [0.5, 0.6) is 11.5 Å². The number of carbonyl (C=O) groups is 1. The molecule has 100 valence electrons. The van der Waals surface area contributed by atoms with Crippen LogP contribution in [0.4, 0.5) is 0 Å². The molecule has 0 radical (unpaired) electrons. The molecule has 0 heterocycles. The first-order valence-electron chi connectivity index (χ1n) is 5.13. The van der Waals surface area contributed by atoms with Crippen LogP contribution in [-0.2, 0) is 20.3 Å². The van der Waals surface area contributed by atoms with Crippen molar-refractivity contribution in [2.75, 3.05) is 7.11 Å². The van der Waals surface area contributed by atoms with Gasteiger partial charge in [-0.15, -0.1) is 0 Å². The number of hydrogen-bond acceptors (Lipinski definition) is 5. The van der Waals surface area contributed by atoms with Gasteiger partial charge in [-0.1, -0.05) is 6.92 Å². The van der Waals surface area contributed by atoms with Gasteiger partial charge in [0.2, 0.25) is 0 Å². The Bertz CT molecular complexity index is 565. The number of rotatable bonds is 4. The summed E-state index contributed by atoms with van der Waals surface area (Å²) in [6.07, 6.45) is 0.558. The van der Waals surface area contributed by atoms with Gasteiger partial charge in [-0.3, -0.25) is 4.79 Å². The Morgan fingerprint density at radius 2 is 1.94 bits per heavy atom. The van der Waals surface area contributed by atoms with Crippen LogP contribution in [0.2, 0.25) is 0 Å². The molecule has 1 aromatic carbocycles. The number of halogens is 1. The maximum atomic E-state index is 11.4. The van der Waals surface area contributed by atoms with Gasteiger partial charge in [0.05, 0.1) is 7.11 Å². The highest BCUT2D eigenvalue weighted by Gasteiger charge is 2.21. The van der Waals surface area contributed by atoms with E-state index < -0.39 is 15.0 Å². The van der Waals surface area contributed by atoms with Gasteiger partial charge >= 0.3 is 5.97 Å². The Balaban J connectivity index is 3.51. The summed E-state index contributed by atoms with van der Waals surface area (Å²) in [6, 6.07) is 2.69. The number of hydrogen-bond donors (Lipinski definition) is 0. The fourth-order valence-electron chi connectivity index (χ4n) is 1.47. The number of carbonyl (C=O) groups excluding carboxylic acids is 1. The second-order valence-corrected chi connectivity index (χ2v) is 6.03. The molecule has 0 saturated carbocycles. The molecule has 0 amide bonds. The lowest BCUT2D eigenvalue weighted by atomic mass is 10.1. The molecule has 7 heteroatoms. The quantitative estimate of drug-likeness (QED) is 0.483. The lowest BCUT2D eigenvalue weighted by Gasteiger charge is -2.12. The molecule has 0 unspecified atom stereocenters. The Morgan fingerprint density at radius 1 is 1.33 bits per heavy atom. The van der Waals surface area contributed by atoms with Crippen LogP contribution in [0.15, 0.2) is 17.0 Å². The van der Waals surface area contributed by atoms with Crippen LogP contribution in [0.1, 0.15) is 19.4 Å². The highest BCUT2D eigenvalue weighted by molar-refractivity contribution is 8.13. The van der Waals surface area contributed by atoms with Crippen molar-refractivity contribution in [3.05, 3.63) is 17.7 Å². The molecule has 1 aromatic rings. The van der Waals surface area contributed by atoms with Gasteiger partial charge in [-0.05, 0) is 18.1 Å². The molecule has 0 atom stereocenters. The zero-order valence-electron chi connectivity index (χ0n) is 10.2. The zero-order chi connectivity index (χ0) is 13.9. The van der Waals surface area contributed by atoms with Crippen molar-refractivity contribution in [2.45, 2.75) is 25.2 Å². The first kappa shape index (κ1) is 14.8. The Morgan fingerprint density at radius 3 is 2.33 bits per heavy atom. The first-order valence-corrected chi connectivity index (χ1v) is 7.44. The molecule has 0 aromatic heterocycles. The van der Waals surface area contributed by atoms with E-state index in [0.29, 0.717) is 17.7 Å². The van der Waals surface area contributed by atoms with E-state index in [1.54, 1.807) is 0 Å². The van der Waals surface area contributed by atoms with Crippen molar-refractivity contribution in [1.29, 1.82) is 0 Å². The average molecular weight is 293 g/mol. The minimum Gasteiger partial charge on any atom is -0.496 e. The van der Waals surface area contributed by atoms with Crippen molar-refractivity contribution in [3.8, 4) is 11.5 Å². The van der Waals surface area contributed by atoms with E-state index in [-0.39, 0.29) is 10.6 Å². The summed E-state index contributed by atoms with van der Waals surface area (Å²) in [5, 5.41) is 0. The average Bonchev–Trinajstić information content (AvgIpc) is 2.26. The summed E-state index contributed by atoms with van der Waals surface area (Å²) >= 11 is 0. The fourth-order valence-corrected chi connectivity index (χ4v) is 2.46. The lowest BCUT2D eigenvalue weighted by molar-refractivity contribution is -0.132. The SMILES string of the molecule is CCc1cc(S(=O)(=O)Cl)c(OC(C)=O)cc1OC. The van der Waals surface area contributed by atoms with E-state index in [4.69, 9.17) is 20.2 Å². The minimum atomic E-state index is -4.00. The maximum absolute atomic E-state index is 11.4. The summed E-state index contributed by atoms with van der Waals surface area (Å²) in [4.78, 5) is 10.7. The topological polar surface area (TPSA) is 69.7 Å². The molecule has 0 bridgehead atoms. The number of aryl methyl sites for hydroxylation is 1. The van der Waals surface area contributed by atoms with Crippen molar-refractivity contribution >= 4 is 25.7 Å². The van der Waals surface area contributed by atoms with Gasteiger partial charge in [-0.25, -0.2) is 8.42 Å². The van der Waals surface area contributed by atoms with Gasteiger partial charge in [0.15, 0.2) is 5.75 Å². The normalized spacial score (nSPS) is 11.1. The van der Waals surface area contributed by atoms with Crippen molar-refractivity contribution in [3.63, 3.8) is 0 Å². The third-order valence-electron chi connectivity index (χ3n) is 2.24. The second-order valence-electron chi connectivity index (χ2n) is 3.50. The molecular weight excluding hydrogens is 280 g/mol. The lowest BCUT2D eigenvalue weighted by Crippen LogP contribution is -2.07. The molecule has 0 saturated heterocycles. The van der Waals surface area contributed by atoms with Gasteiger partial charge in [0.25, 0.3) is 9.05 Å². The zero-order valence-corrected chi connectivity index (χ0v) is 11.8. The van der Waals surface area contributed by atoms with Crippen LogP contribution in [0.25, 0.3) is 0 Å². The predicted octanol–water partition coefficient (Wildman–Crippen LogP) is 2.11. The van der Waals surface area contributed by atoms with E-state index in [9.17, 15) is 13.2 Å². The van der Waals surface area contributed by atoms with Gasteiger partial charge in [0, 0.05) is 23.7 Å². The van der Waals surface area contributed by atoms with Crippen LogP contribution in [0.3, 0.4) is 0 Å². The molecule has 0 fully saturated rings. The largest absolute Gasteiger partial charge is 0.496 e. The summed E-state index contributed by atoms with van der Waals surface area (Å²) < 4.78 is 32.8. The number of esters is 1. The van der Waals surface area contributed by atoms with Gasteiger partial charge in [0.1, 0.15) is 10.6 Å². The molecule has 0 spiro atoms. The van der Waals surface area contributed by atoms with Gasteiger partial charge in [-0.2, -0.15) is 0 Å². The van der Waals surface area contributed by atoms with Crippen molar-refractivity contribution in [2.24, 2.45) is 0 Å². The third kappa shape index (κ3) is 3.36. The highest BCUT2D eigenvalue weighted by atomic mass is 35.7. The first-order chi connectivity index (χ1) is 8.29. The number of ether oxygens (including phenoxy) is 2. The van der Waals surface area contributed by atoms with Crippen molar-refractivity contribution in [1.82, 2.24) is 0 Å². The fraction of sp³-hybridized carbons (Fsp3) is 0.364. The number of methoxy groups -OCH3 is 1. The molecule has 5 nitrogen and oxygen atoms in total. The molecule has 0 N–H and O–H groups in total. The van der Waals surface area contributed by atoms with Crippen LogP contribution >= 0.6 is 10.7 Å². The predicted molar refractivity (Wildman–Crippen MR) is 66.7 cm³/mol. The summed E-state index contributed by atoms with van der Waals surface area (Å²) in [7, 11) is 2.76. The summed E-state index contributed by atoms with van der Waals surface area (Å²) in [6.45, 7) is 3.01. The number of benzene rings is 1. The second kappa shape index (κ2) is 5.58. The Kier molecular flexibility index (Phi) is 4.59. The smallest absolute Gasteiger partial charge is 0.308 e. The Hall–Kier alpha value is -1.27. The maximum Gasteiger partial charge on any atom is 0.308 e. The van der Waals surface area contributed by atoms with Crippen LogP contribution < -0.4 is 9.47 Å². The van der Waals surface area contributed by atoms with Crippen LogP contribution in [-0.4, -0.2) is 21.5 Å². The van der Waals surface area contributed by atoms with Gasteiger partial charge < -0.3 is 9.47 Å². The Labute approximate surface area is 110 Å². The van der Waals surface area contributed by atoms with Crippen molar-refractivity contribution < 1.29 is 22.7 Å². The van der Waals surface area contributed by atoms with E-state index >= 15 is 0 Å². The monoisotopic (exact) mass is 292 g/mol.